The molecule has 0 bridgehead atoms. The van der Waals surface area contributed by atoms with Gasteiger partial charge in [0.15, 0.2) is 5.82 Å². The minimum absolute atomic E-state index is 0.141. The number of hydrogen-bond acceptors (Lipinski definition) is 6. The minimum Gasteiger partial charge on any atom is -0.445 e. The molecule has 2 aromatic carbocycles. The molecule has 0 unspecified atom stereocenters. The van der Waals surface area contributed by atoms with E-state index in [4.69, 9.17) is 9.26 Å². The Bertz CT molecular complexity index is 1050. The molecule has 168 valence electrons. The van der Waals surface area contributed by atoms with Gasteiger partial charge in [0.05, 0.1) is 11.3 Å². The van der Waals surface area contributed by atoms with Crippen LogP contribution in [0.3, 0.4) is 0 Å². The molecule has 1 aromatic heterocycles. The van der Waals surface area contributed by atoms with Gasteiger partial charge in [-0.1, -0.05) is 61.5 Å². The van der Waals surface area contributed by atoms with Crippen LogP contribution >= 0.6 is 0 Å². The summed E-state index contributed by atoms with van der Waals surface area (Å²) in [5, 5.41) is 9.60. The number of amides is 2. The van der Waals surface area contributed by atoms with E-state index in [0.717, 1.165) is 11.1 Å². The summed E-state index contributed by atoms with van der Waals surface area (Å²) in [6.07, 6.45) is 0.215. The van der Waals surface area contributed by atoms with Crippen molar-refractivity contribution in [2.45, 2.75) is 46.1 Å². The van der Waals surface area contributed by atoms with E-state index in [-0.39, 0.29) is 24.9 Å². The molecule has 8 nitrogen and oxygen atoms in total. The Labute approximate surface area is 187 Å². The summed E-state index contributed by atoms with van der Waals surface area (Å²) in [5.41, 5.74) is 3.13. The molecule has 0 aliphatic rings. The number of hydrogen-bond donors (Lipinski definition) is 2. The quantitative estimate of drug-likeness (QED) is 0.466. The first kappa shape index (κ1) is 23.0. The zero-order chi connectivity index (χ0) is 22.9. The molecule has 2 amide bonds. The zero-order valence-corrected chi connectivity index (χ0v) is 18.6. The van der Waals surface area contributed by atoms with E-state index < -0.39 is 6.09 Å². The van der Waals surface area contributed by atoms with Gasteiger partial charge in [-0.2, -0.15) is 4.98 Å². The Morgan fingerprint density at radius 3 is 2.59 bits per heavy atom. The van der Waals surface area contributed by atoms with Crippen molar-refractivity contribution in [3.8, 4) is 11.5 Å². The van der Waals surface area contributed by atoms with Crippen LogP contribution in [-0.4, -0.2) is 28.7 Å². The van der Waals surface area contributed by atoms with E-state index in [0.29, 0.717) is 35.9 Å². The van der Waals surface area contributed by atoms with E-state index in [1.807, 2.05) is 69.3 Å². The number of benzene rings is 2. The highest BCUT2D eigenvalue weighted by Gasteiger charge is 2.17. The highest BCUT2D eigenvalue weighted by Crippen LogP contribution is 2.30. The van der Waals surface area contributed by atoms with Crippen LogP contribution in [0.4, 0.5) is 10.5 Å². The van der Waals surface area contributed by atoms with E-state index in [2.05, 4.69) is 20.8 Å². The lowest BCUT2D eigenvalue weighted by molar-refractivity contribution is -0.116. The number of para-hydroxylation sites is 1. The Kier molecular flexibility index (Phi) is 7.96. The third kappa shape index (κ3) is 6.41. The summed E-state index contributed by atoms with van der Waals surface area (Å²) < 4.78 is 10.6. The Hall–Kier alpha value is -3.68. The van der Waals surface area contributed by atoms with Gasteiger partial charge in [0.1, 0.15) is 6.61 Å². The van der Waals surface area contributed by atoms with Crippen LogP contribution in [0.5, 0.6) is 0 Å². The summed E-state index contributed by atoms with van der Waals surface area (Å²) in [6, 6.07) is 15.1. The smallest absolute Gasteiger partial charge is 0.407 e. The molecule has 0 radical (unpaired) electrons. The van der Waals surface area contributed by atoms with E-state index in [1.54, 1.807) is 0 Å². The molecule has 0 atom stereocenters. The van der Waals surface area contributed by atoms with Gasteiger partial charge in [0.25, 0.3) is 5.89 Å². The van der Waals surface area contributed by atoms with Gasteiger partial charge in [-0.3, -0.25) is 4.79 Å². The van der Waals surface area contributed by atoms with Gasteiger partial charge >= 0.3 is 6.09 Å². The molecule has 0 fully saturated rings. The van der Waals surface area contributed by atoms with Crippen LogP contribution in [0.15, 0.2) is 53.1 Å². The normalized spacial score (nSPS) is 10.8. The van der Waals surface area contributed by atoms with Crippen LogP contribution < -0.4 is 10.6 Å². The molecular weight excluding hydrogens is 408 g/mol. The van der Waals surface area contributed by atoms with Crippen LogP contribution in [0.2, 0.25) is 0 Å². The van der Waals surface area contributed by atoms with Crippen LogP contribution in [0, 0.1) is 6.92 Å². The van der Waals surface area contributed by atoms with Crippen molar-refractivity contribution in [1.29, 1.82) is 0 Å². The fourth-order valence-electron chi connectivity index (χ4n) is 3.01. The van der Waals surface area contributed by atoms with Gasteiger partial charge in [-0.25, -0.2) is 4.79 Å². The molecule has 3 rings (SSSR count). The van der Waals surface area contributed by atoms with Crippen molar-refractivity contribution in [1.82, 2.24) is 15.5 Å². The molecule has 2 N–H and O–H groups in total. The van der Waals surface area contributed by atoms with Gasteiger partial charge in [0, 0.05) is 18.9 Å². The van der Waals surface area contributed by atoms with E-state index in [9.17, 15) is 9.59 Å². The van der Waals surface area contributed by atoms with Crippen molar-refractivity contribution in [2.24, 2.45) is 0 Å². The first-order valence-electron chi connectivity index (χ1n) is 10.6. The highest BCUT2D eigenvalue weighted by atomic mass is 16.5. The number of aryl methyl sites for hydroxylation is 1. The SMILES string of the molecule is Cc1cccc(-c2nc(C(C)C)no2)c1NC(=O)CCCNC(=O)OCc1ccccc1. The number of carbonyl (C=O) groups excluding carboxylic acids is 2. The van der Waals surface area contributed by atoms with Crippen molar-refractivity contribution in [3.05, 3.63) is 65.5 Å². The Balaban J connectivity index is 1.48. The second-order valence-corrected chi connectivity index (χ2v) is 7.75. The standard InChI is InChI=1S/C24H28N4O4/c1-16(2)22-27-23(32-28-22)19-12-7-9-17(3)21(19)26-20(29)13-8-14-25-24(30)31-15-18-10-5-4-6-11-18/h4-7,9-12,16H,8,13-15H2,1-3H3,(H,25,30)(H,26,29). The lowest BCUT2D eigenvalue weighted by Crippen LogP contribution is -2.26. The van der Waals surface area contributed by atoms with Crippen LogP contribution in [-0.2, 0) is 16.1 Å². The highest BCUT2D eigenvalue weighted by molar-refractivity contribution is 5.95. The number of nitrogens with zero attached hydrogens (tertiary/aromatic N) is 2. The number of rotatable bonds is 9. The first-order chi connectivity index (χ1) is 15.4. The number of anilines is 1. The van der Waals surface area contributed by atoms with Crippen molar-refractivity contribution in [3.63, 3.8) is 0 Å². The molecule has 0 saturated heterocycles. The fraction of sp³-hybridized carbons (Fsp3) is 0.333. The number of alkyl carbamates (subject to hydrolysis) is 1. The van der Waals surface area contributed by atoms with Crippen LogP contribution in [0.1, 0.15) is 49.6 Å². The third-order valence-electron chi connectivity index (χ3n) is 4.79. The second-order valence-electron chi connectivity index (χ2n) is 7.75. The maximum absolute atomic E-state index is 12.5. The molecule has 0 spiro atoms. The molecular formula is C24H28N4O4. The molecule has 1 heterocycles. The molecule has 0 saturated carbocycles. The maximum Gasteiger partial charge on any atom is 0.407 e. The molecule has 0 aliphatic heterocycles. The lowest BCUT2D eigenvalue weighted by atomic mass is 10.1. The number of carbonyl (C=O) groups is 2. The van der Waals surface area contributed by atoms with E-state index in [1.165, 1.54) is 0 Å². The van der Waals surface area contributed by atoms with Gasteiger partial charge < -0.3 is 19.9 Å². The predicted octanol–water partition coefficient (Wildman–Crippen LogP) is 4.81. The summed E-state index contributed by atoms with van der Waals surface area (Å²) in [4.78, 5) is 28.7. The lowest BCUT2D eigenvalue weighted by Gasteiger charge is -2.12. The average molecular weight is 437 g/mol. The fourth-order valence-corrected chi connectivity index (χ4v) is 3.01. The number of ether oxygens (including phenoxy) is 1. The largest absolute Gasteiger partial charge is 0.445 e. The number of aromatic nitrogens is 2. The van der Waals surface area contributed by atoms with Gasteiger partial charge in [0.2, 0.25) is 5.91 Å². The van der Waals surface area contributed by atoms with Crippen molar-refractivity contribution in [2.75, 3.05) is 11.9 Å². The monoisotopic (exact) mass is 436 g/mol. The minimum atomic E-state index is -0.507. The van der Waals surface area contributed by atoms with Gasteiger partial charge in [-0.15, -0.1) is 0 Å². The topological polar surface area (TPSA) is 106 Å². The molecule has 0 aliphatic carbocycles. The third-order valence-corrected chi connectivity index (χ3v) is 4.79. The molecule has 32 heavy (non-hydrogen) atoms. The predicted molar refractivity (Wildman–Crippen MR) is 121 cm³/mol. The molecule has 3 aromatic rings. The summed E-state index contributed by atoms with van der Waals surface area (Å²) in [5.74, 6) is 0.963. The second kappa shape index (κ2) is 11.1. The Morgan fingerprint density at radius 2 is 1.88 bits per heavy atom. The summed E-state index contributed by atoms with van der Waals surface area (Å²) in [7, 11) is 0. The maximum atomic E-state index is 12.5. The average Bonchev–Trinajstić information content (AvgIpc) is 3.28. The van der Waals surface area contributed by atoms with Crippen LogP contribution in [0.25, 0.3) is 11.5 Å². The zero-order valence-electron chi connectivity index (χ0n) is 18.6. The van der Waals surface area contributed by atoms with E-state index >= 15 is 0 Å². The van der Waals surface area contributed by atoms with Crippen molar-refractivity contribution >= 4 is 17.7 Å². The Morgan fingerprint density at radius 1 is 1.09 bits per heavy atom. The summed E-state index contributed by atoms with van der Waals surface area (Å²) >= 11 is 0. The van der Waals surface area contributed by atoms with Gasteiger partial charge in [-0.05, 0) is 30.5 Å². The first-order valence-corrected chi connectivity index (χ1v) is 10.6. The number of nitrogens with one attached hydrogen (secondary N) is 2. The summed E-state index contributed by atoms with van der Waals surface area (Å²) in [6.45, 7) is 6.42. The van der Waals surface area contributed by atoms with Crippen molar-refractivity contribution < 1.29 is 18.8 Å². The molecule has 8 heteroatoms.